The van der Waals surface area contributed by atoms with Crippen LogP contribution in [0.5, 0.6) is 0 Å². The van der Waals surface area contributed by atoms with Gasteiger partial charge in [0.05, 0.1) is 18.1 Å². The van der Waals surface area contributed by atoms with Crippen LogP contribution in [0.25, 0.3) is 17.0 Å². The van der Waals surface area contributed by atoms with Gasteiger partial charge in [-0.25, -0.2) is 19.7 Å². The fourth-order valence-electron chi connectivity index (χ4n) is 1.80. The SMILES string of the molecule is COC(=O)c1ccnc(-n2cnc3ccccc32)n1. The van der Waals surface area contributed by atoms with Crippen LogP contribution in [0.3, 0.4) is 0 Å². The van der Waals surface area contributed by atoms with Gasteiger partial charge in [-0.3, -0.25) is 4.57 Å². The first kappa shape index (κ1) is 11.3. The minimum atomic E-state index is -0.493. The standard InChI is InChI=1S/C13H10N4O2/c1-19-12(18)10-6-7-14-13(16-10)17-8-15-9-4-2-3-5-11(9)17/h2-8H,1H3. The molecule has 0 fully saturated rings. The molecule has 0 atom stereocenters. The van der Waals surface area contributed by atoms with Crippen LogP contribution < -0.4 is 0 Å². The highest BCUT2D eigenvalue weighted by Gasteiger charge is 2.11. The number of hydrogen-bond donors (Lipinski definition) is 0. The van der Waals surface area contributed by atoms with Gasteiger partial charge >= 0.3 is 5.97 Å². The molecule has 0 bridgehead atoms. The van der Waals surface area contributed by atoms with E-state index in [1.807, 2.05) is 24.3 Å². The van der Waals surface area contributed by atoms with Crippen LogP contribution >= 0.6 is 0 Å². The number of rotatable bonds is 2. The third-order valence-electron chi connectivity index (χ3n) is 2.71. The molecule has 2 aromatic heterocycles. The van der Waals surface area contributed by atoms with Gasteiger partial charge in [0.2, 0.25) is 5.95 Å². The number of imidazole rings is 1. The highest BCUT2D eigenvalue weighted by atomic mass is 16.5. The molecule has 0 saturated carbocycles. The third kappa shape index (κ3) is 1.93. The zero-order valence-corrected chi connectivity index (χ0v) is 10.1. The Morgan fingerprint density at radius 1 is 1.21 bits per heavy atom. The molecule has 0 spiro atoms. The number of para-hydroxylation sites is 2. The van der Waals surface area contributed by atoms with Crippen molar-refractivity contribution in [1.82, 2.24) is 19.5 Å². The van der Waals surface area contributed by atoms with Crippen LogP contribution in [0.2, 0.25) is 0 Å². The molecule has 6 heteroatoms. The van der Waals surface area contributed by atoms with Crippen molar-refractivity contribution in [3.8, 4) is 5.95 Å². The van der Waals surface area contributed by atoms with Crippen molar-refractivity contribution >= 4 is 17.0 Å². The van der Waals surface area contributed by atoms with Crippen LogP contribution in [0, 0.1) is 0 Å². The summed E-state index contributed by atoms with van der Waals surface area (Å²) in [5.41, 5.74) is 1.93. The van der Waals surface area contributed by atoms with E-state index in [0.717, 1.165) is 11.0 Å². The van der Waals surface area contributed by atoms with Gasteiger partial charge < -0.3 is 4.74 Å². The van der Waals surface area contributed by atoms with Crippen LogP contribution in [-0.4, -0.2) is 32.6 Å². The Morgan fingerprint density at radius 2 is 2.05 bits per heavy atom. The Balaban J connectivity index is 2.14. The summed E-state index contributed by atoms with van der Waals surface area (Å²) in [5, 5.41) is 0. The van der Waals surface area contributed by atoms with E-state index >= 15 is 0 Å². The number of methoxy groups -OCH3 is 1. The highest BCUT2D eigenvalue weighted by Crippen LogP contribution is 2.15. The summed E-state index contributed by atoms with van der Waals surface area (Å²) in [6.07, 6.45) is 3.14. The molecular weight excluding hydrogens is 244 g/mol. The van der Waals surface area contributed by atoms with Crippen LogP contribution in [0.1, 0.15) is 10.5 Å². The van der Waals surface area contributed by atoms with E-state index in [1.165, 1.54) is 19.4 Å². The maximum atomic E-state index is 11.5. The number of carbonyl (C=O) groups is 1. The average Bonchev–Trinajstić information content (AvgIpc) is 2.90. The lowest BCUT2D eigenvalue weighted by Gasteiger charge is -2.03. The van der Waals surface area contributed by atoms with Gasteiger partial charge in [0.25, 0.3) is 0 Å². The fraction of sp³-hybridized carbons (Fsp3) is 0.0769. The predicted molar refractivity (Wildman–Crippen MR) is 68.0 cm³/mol. The molecule has 0 radical (unpaired) electrons. The molecule has 1 aromatic carbocycles. The van der Waals surface area contributed by atoms with Crippen LogP contribution in [0.15, 0.2) is 42.9 Å². The summed E-state index contributed by atoms with van der Waals surface area (Å²) < 4.78 is 6.37. The number of esters is 1. The summed E-state index contributed by atoms with van der Waals surface area (Å²) in [6, 6.07) is 9.14. The first-order valence-electron chi connectivity index (χ1n) is 5.63. The number of hydrogen-bond acceptors (Lipinski definition) is 5. The van der Waals surface area contributed by atoms with Crippen LogP contribution in [0.4, 0.5) is 0 Å². The van der Waals surface area contributed by atoms with Gasteiger partial charge in [-0.15, -0.1) is 0 Å². The van der Waals surface area contributed by atoms with E-state index < -0.39 is 5.97 Å². The van der Waals surface area contributed by atoms with Crippen molar-refractivity contribution in [3.63, 3.8) is 0 Å². The number of aromatic nitrogens is 4. The second-order valence-electron chi connectivity index (χ2n) is 3.84. The lowest BCUT2D eigenvalue weighted by atomic mass is 10.3. The number of benzene rings is 1. The second kappa shape index (κ2) is 4.49. The van der Waals surface area contributed by atoms with E-state index in [9.17, 15) is 4.79 Å². The van der Waals surface area contributed by atoms with Gasteiger partial charge in [-0.2, -0.15) is 0 Å². The molecule has 3 aromatic rings. The van der Waals surface area contributed by atoms with Gasteiger partial charge in [-0.05, 0) is 18.2 Å². The van der Waals surface area contributed by atoms with Crippen molar-refractivity contribution in [1.29, 1.82) is 0 Å². The van der Waals surface area contributed by atoms with Gasteiger partial charge in [0.15, 0.2) is 5.69 Å². The third-order valence-corrected chi connectivity index (χ3v) is 2.71. The molecule has 0 aliphatic heterocycles. The number of fused-ring (bicyclic) bond motifs is 1. The first-order valence-corrected chi connectivity index (χ1v) is 5.63. The molecule has 94 valence electrons. The first-order chi connectivity index (χ1) is 9.29. The largest absolute Gasteiger partial charge is 0.464 e. The van der Waals surface area contributed by atoms with Crippen molar-refractivity contribution < 1.29 is 9.53 Å². The highest BCUT2D eigenvalue weighted by molar-refractivity contribution is 5.87. The molecule has 2 heterocycles. The average molecular weight is 254 g/mol. The predicted octanol–water partition coefficient (Wildman–Crippen LogP) is 1.60. The summed E-state index contributed by atoms with van der Waals surface area (Å²) >= 11 is 0. The molecule has 19 heavy (non-hydrogen) atoms. The lowest BCUT2D eigenvalue weighted by molar-refractivity contribution is 0.0593. The van der Waals surface area contributed by atoms with Gasteiger partial charge in [-0.1, -0.05) is 12.1 Å². The molecule has 3 rings (SSSR count). The van der Waals surface area contributed by atoms with E-state index in [4.69, 9.17) is 0 Å². The monoisotopic (exact) mass is 254 g/mol. The molecular formula is C13H10N4O2. The summed E-state index contributed by atoms with van der Waals surface area (Å²) in [7, 11) is 1.32. The van der Waals surface area contributed by atoms with Crippen molar-refractivity contribution in [2.45, 2.75) is 0 Å². The molecule has 0 N–H and O–H groups in total. The number of nitrogens with zero attached hydrogens (tertiary/aromatic N) is 4. The normalized spacial score (nSPS) is 10.6. The quantitative estimate of drug-likeness (QED) is 0.650. The molecule has 6 nitrogen and oxygen atoms in total. The van der Waals surface area contributed by atoms with Gasteiger partial charge in [0, 0.05) is 6.20 Å². The Morgan fingerprint density at radius 3 is 2.89 bits per heavy atom. The smallest absolute Gasteiger partial charge is 0.356 e. The second-order valence-corrected chi connectivity index (χ2v) is 3.84. The topological polar surface area (TPSA) is 69.9 Å². The minimum absolute atomic E-state index is 0.213. The molecule has 0 aliphatic carbocycles. The minimum Gasteiger partial charge on any atom is -0.464 e. The fourth-order valence-corrected chi connectivity index (χ4v) is 1.80. The molecule has 0 unspecified atom stereocenters. The number of carbonyl (C=O) groups excluding carboxylic acids is 1. The van der Waals surface area contributed by atoms with Crippen LogP contribution in [-0.2, 0) is 4.74 Å². The molecule has 0 aliphatic rings. The zero-order valence-electron chi connectivity index (χ0n) is 10.1. The van der Waals surface area contributed by atoms with E-state index in [0.29, 0.717) is 5.95 Å². The van der Waals surface area contributed by atoms with Crippen molar-refractivity contribution in [3.05, 3.63) is 48.5 Å². The number of ether oxygens (including phenoxy) is 1. The van der Waals surface area contributed by atoms with Crippen molar-refractivity contribution in [2.75, 3.05) is 7.11 Å². The summed E-state index contributed by atoms with van der Waals surface area (Å²) in [6.45, 7) is 0. The molecule has 0 saturated heterocycles. The maximum Gasteiger partial charge on any atom is 0.356 e. The van der Waals surface area contributed by atoms with Crippen molar-refractivity contribution in [2.24, 2.45) is 0 Å². The maximum absolute atomic E-state index is 11.5. The Bertz CT molecular complexity index is 751. The van der Waals surface area contributed by atoms with E-state index in [2.05, 4.69) is 19.7 Å². The molecule has 0 amide bonds. The van der Waals surface area contributed by atoms with E-state index in [1.54, 1.807) is 10.9 Å². The van der Waals surface area contributed by atoms with E-state index in [-0.39, 0.29) is 5.69 Å². The summed E-state index contributed by atoms with van der Waals surface area (Å²) in [5.74, 6) is -0.107. The van der Waals surface area contributed by atoms with Gasteiger partial charge in [0.1, 0.15) is 6.33 Å². The lowest BCUT2D eigenvalue weighted by Crippen LogP contribution is -2.08. The Labute approximate surface area is 108 Å². The summed E-state index contributed by atoms with van der Waals surface area (Å²) in [4.78, 5) is 24.0. The Hall–Kier alpha value is -2.76. The zero-order chi connectivity index (χ0) is 13.2. The Kier molecular flexibility index (Phi) is 2.68.